The Morgan fingerprint density at radius 2 is 2.06 bits per heavy atom. The summed E-state index contributed by atoms with van der Waals surface area (Å²) in [6.45, 7) is 0. The average molecular weight is 268 g/mol. The normalized spacial score (nSPS) is 11.4. The van der Waals surface area contributed by atoms with Gasteiger partial charge < -0.3 is 15.0 Å². The third-order valence-electron chi connectivity index (χ3n) is 2.49. The number of hydrogen-bond acceptors (Lipinski definition) is 6. The average Bonchev–Trinajstić information content (AvgIpc) is 2.73. The first-order valence-electron chi connectivity index (χ1n) is 5.02. The smallest absolute Gasteiger partial charge is 0.230 e. The summed E-state index contributed by atoms with van der Waals surface area (Å²) in [5, 5.41) is 3.56. The zero-order valence-electron chi connectivity index (χ0n) is 9.88. The van der Waals surface area contributed by atoms with Crippen LogP contribution in [0.25, 0.3) is 11.1 Å². The maximum absolute atomic E-state index is 11.5. The van der Waals surface area contributed by atoms with Gasteiger partial charge in [-0.1, -0.05) is 5.16 Å². The van der Waals surface area contributed by atoms with Crippen molar-refractivity contribution in [1.82, 2.24) is 5.16 Å². The highest BCUT2D eigenvalue weighted by atomic mass is 32.2. The Bertz CT molecular complexity index is 676. The van der Waals surface area contributed by atoms with Crippen LogP contribution in [0.3, 0.4) is 0 Å². The predicted octanol–water partition coefficient (Wildman–Crippen LogP) is 1.34. The van der Waals surface area contributed by atoms with E-state index >= 15 is 0 Å². The molecule has 0 bridgehead atoms. The number of rotatable bonds is 3. The van der Waals surface area contributed by atoms with Crippen LogP contribution in [-0.4, -0.2) is 26.9 Å². The van der Waals surface area contributed by atoms with E-state index in [-0.39, 0.29) is 10.8 Å². The van der Waals surface area contributed by atoms with E-state index in [1.807, 2.05) is 0 Å². The van der Waals surface area contributed by atoms with E-state index in [0.29, 0.717) is 16.9 Å². The molecule has 0 unspecified atom stereocenters. The molecule has 2 aromatic rings. The fourth-order valence-electron chi connectivity index (χ4n) is 1.58. The van der Waals surface area contributed by atoms with Crippen LogP contribution >= 0.6 is 0 Å². The second kappa shape index (κ2) is 4.34. The topological polar surface area (TPSA) is 95.4 Å². The molecular formula is C11H12N2O4S. The molecule has 7 heteroatoms. The number of nitrogens with two attached hydrogens (primary N) is 1. The van der Waals surface area contributed by atoms with Gasteiger partial charge in [-0.25, -0.2) is 8.42 Å². The van der Waals surface area contributed by atoms with Crippen LogP contribution in [-0.2, 0) is 9.84 Å². The maximum Gasteiger partial charge on any atom is 0.230 e. The molecule has 2 rings (SSSR count). The zero-order valence-corrected chi connectivity index (χ0v) is 10.7. The quantitative estimate of drug-likeness (QED) is 0.902. The van der Waals surface area contributed by atoms with Crippen molar-refractivity contribution in [3.8, 4) is 16.9 Å². The van der Waals surface area contributed by atoms with Gasteiger partial charge in [-0.05, 0) is 18.2 Å². The Morgan fingerprint density at radius 3 is 2.56 bits per heavy atom. The van der Waals surface area contributed by atoms with Gasteiger partial charge in [0.15, 0.2) is 9.84 Å². The molecule has 0 saturated heterocycles. The summed E-state index contributed by atoms with van der Waals surface area (Å²) in [5.41, 5.74) is 6.65. The van der Waals surface area contributed by atoms with Crippen LogP contribution in [0.5, 0.6) is 5.75 Å². The predicted molar refractivity (Wildman–Crippen MR) is 66.0 cm³/mol. The summed E-state index contributed by atoms with van der Waals surface area (Å²) < 4.78 is 33.0. The lowest BCUT2D eigenvalue weighted by Gasteiger charge is -2.08. The highest BCUT2D eigenvalue weighted by molar-refractivity contribution is 7.90. The van der Waals surface area contributed by atoms with Gasteiger partial charge in [0.25, 0.3) is 0 Å². The van der Waals surface area contributed by atoms with E-state index < -0.39 is 9.84 Å². The second-order valence-corrected chi connectivity index (χ2v) is 5.75. The van der Waals surface area contributed by atoms with Crippen molar-refractivity contribution in [2.75, 3.05) is 19.1 Å². The van der Waals surface area contributed by atoms with Crippen LogP contribution < -0.4 is 10.5 Å². The van der Waals surface area contributed by atoms with Crippen LogP contribution in [0, 0.1) is 0 Å². The number of anilines is 1. The van der Waals surface area contributed by atoms with E-state index in [4.69, 9.17) is 15.0 Å². The van der Waals surface area contributed by atoms with Crippen LogP contribution in [0.15, 0.2) is 33.8 Å². The van der Waals surface area contributed by atoms with Gasteiger partial charge in [0.05, 0.1) is 23.8 Å². The molecular weight excluding hydrogens is 256 g/mol. The number of methoxy groups -OCH3 is 1. The van der Waals surface area contributed by atoms with Crippen molar-refractivity contribution in [2.45, 2.75) is 4.90 Å². The molecule has 0 atom stereocenters. The molecule has 6 nitrogen and oxygen atoms in total. The number of ether oxygens (including phenoxy) is 1. The van der Waals surface area contributed by atoms with E-state index in [9.17, 15) is 8.42 Å². The molecule has 0 radical (unpaired) electrons. The lowest BCUT2D eigenvalue weighted by Crippen LogP contribution is -1.99. The minimum Gasteiger partial charge on any atom is -0.496 e. The molecule has 0 aliphatic carbocycles. The molecule has 1 heterocycles. The number of benzene rings is 1. The SMILES string of the molecule is COc1ccc(S(C)(=O)=O)cc1-c1cnoc1N. The number of aromatic nitrogens is 1. The molecule has 0 amide bonds. The summed E-state index contributed by atoms with van der Waals surface area (Å²) in [6, 6.07) is 4.52. The van der Waals surface area contributed by atoms with E-state index in [1.165, 1.54) is 25.4 Å². The van der Waals surface area contributed by atoms with Crippen LogP contribution in [0.1, 0.15) is 0 Å². The maximum atomic E-state index is 11.5. The monoisotopic (exact) mass is 268 g/mol. The van der Waals surface area contributed by atoms with Gasteiger partial charge in [0.1, 0.15) is 5.75 Å². The molecule has 0 fully saturated rings. The van der Waals surface area contributed by atoms with E-state index in [2.05, 4.69) is 5.16 Å². The fraction of sp³-hybridized carbons (Fsp3) is 0.182. The van der Waals surface area contributed by atoms with Gasteiger partial charge in [0.2, 0.25) is 5.88 Å². The van der Waals surface area contributed by atoms with E-state index in [0.717, 1.165) is 6.26 Å². The number of nitrogens with zero attached hydrogens (tertiary/aromatic N) is 1. The van der Waals surface area contributed by atoms with Gasteiger partial charge >= 0.3 is 0 Å². The Labute approximate surface area is 104 Å². The number of hydrogen-bond donors (Lipinski definition) is 1. The lowest BCUT2D eigenvalue weighted by atomic mass is 10.1. The zero-order chi connectivity index (χ0) is 13.3. The Kier molecular flexibility index (Phi) is 3.00. The van der Waals surface area contributed by atoms with Crippen molar-refractivity contribution in [2.24, 2.45) is 0 Å². The summed E-state index contributed by atoms with van der Waals surface area (Å²) in [5.74, 6) is 0.608. The molecule has 0 aliphatic rings. The first-order chi connectivity index (χ1) is 8.43. The van der Waals surface area contributed by atoms with Crippen LogP contribution in [0.4, 0.5) is 5.88 Å². The van der Waals surface area contributed by atoms with Gasteiger partial charge in [-0.15, -0.1) is 0 Å². The van der Waals surface area contributed by atoms with E-state index in [1.54, 1.807) is 6.07 Å². The minimum absolute atomic E-state index is 0.110. The van der Waals surface area contributed by atoms with Crippen LogP contribution in [0.2, 0.25) is 0 Å². The first kappa shape index (κ1) is 12.4. The Hall–Kier alpha value is -2.02. The third kappa shape index (κ3) is 2.17. The summed E-state index contributed by atoms with van der Waals surface area (Å²) in [4.78, 5) is 0.180. The highest BCUT2D eigenvalue weighted by Crippen LogP contribution is 2.35. The minimum atomic E-state index is -3.30. The molecule has 2 N–H and O–H groups in total. The fourth-order valence-corrected chi connectivity index (χ4v) is 2.23. The van der Waals surface area contributed by atoms with Crippen molar-refractivity contribution < 1.29 is 17.7 Å². The molecule has 1 aromatic carbocycles. The van der Waals surface area contributed by atoms with Gasteiger partial charge in [-0.3, -0.25) is 0 Å². The molecule has 0 spiro atoms. The third-order valence-corrected chi connectivity index (χ3v) is 3.60. The second-order valence-electron chi connectivity index (χ2n) is 3.74. The molecule has 0 saturated carbocycles. The van der Waals surface area contributed by atoms with Gasteiger partial charge in [-0.2, -0.15) is 0 Å². The number of sulfone groups is 1. The number of nitrogen functional groups attached to an aromatic ring is 1. The Balaban J connectivity index is 2.68. The van der Waals surface area contributed by atoms with Crippen molar-refractivity contribution in [3.63, 3.8) is 0 Å². The standard InChI is InChI=1S/C11H12N2O4S/c1-16-10-4-3-7(18(2,14)15)5-8(10)9-6-13-17-11(9)12/h3-6H,12H2,1-2H3. The highest BCUT2D eigenvalue weighted by Gasteiger charge is 2.16. The summed E-state index contributed by atoms with van der Waals surface area (Å²) in [7, 11) is -1.81. The Morgan fingerprint density at radius 1 is 1.33 bits per heavy atom. The lowest BCUT2D eigenvalue weighted by molar-refractivity contribution is 0.416. The molecule has 18 heavy (non-hydrogen) atoms. The van der Waals surface area contributed by atoms with Gasteiger partial charge in [0, 0.05) is 11.8 Å². The van der Waals surface area contributed by atoms with Crippen molar-refractivity contribution in [1.29, 1.82) is 0 Å². The largest absolute Gasteiger partial charge is 0.496 e. The first-order valence-corrected chi connectivity index (χ1v) is 6.91. The molecule has 1 aromatic heterocycles. The van der Waals surface area contributed by atoms with Crippen molar-refractivity contribution in [3.05, 3.63) is 24.4 Å². The van der Waals surface area contributed by atoms with Crippen molar-refractivity contribution >= 4 is 15.7 Å². The molecule has 0 aliphatic heterocycles. The molecule has 96 valence electrons. The summed E-state index contributed by atoms with van der Waals surface area (Å²) in [6.07, 6.45) is 2.55. The summed E-state index contributed by atoms with van der Waals surface area (Å²) >= 11 is 0.